The summed E-state index contributed by atoms with van der Waals surface area (Å²) < 4.78 is 10.7. The van der Waals surface area contributed by atoms with Crippen LogP contribution in [0.1, 0.15) is 26.7 Å². The van der Waals surface area contributed by atoms with Crippen molar-refractivity contribution in [3.05, 3.63) is 24.3 Å². The molecule has 5 nitrogen and oxygen atoms in total. The van der Waals surface area contributed by atoms with Gasteiger partial charge < -0.3 is 19.9 Å². The van der Waals surface area contributed by atoms with Crippen molar-refractivity contribution in [2.24, 2.45) is 0 Å². The van der Waals surface area contributed by atoms with Gasteiger partial charge in [0, 0.05) is 6.54 Å². The van der Waals surface area contributed by atoms with Gasteiger partial charge in [-0.25, -0.2) is 0 Å². The average molecular weight is 281 g/mol. The van der Waals surface area contributed by atoms with Crippen molar-refractivity contribution in [3.63, 3.8) is 0 Å². The van der Waals surface area contributed by atoms with E-state index < -0.39 is 0 Å². The molecule has 2 N–H and O–H groups in total. The Bertz CT molecular complexity index is 391. The molecule has 0 saturated heterocycles. The van der Waals surface area contributed by atoms with Gasteiger partial charge in [0.05, 0.1) is 12.7 Å². The second kappa shape index (κ2) is 9.20. The Hall–Kier alpha value is -1.75. The van der Waals surface area contributed by atoms with Crippen LogP contribution >= 0.6 is 0 Å². The summed E-state index contributed by atoms with van der Waals surface area (Å²) in [4.78, 5) is 11.5. The van der Waals surface area contributed by atoms with Crippen molar-refractivity contribution in [1.29, 1.82) is 0 Å². The summed E-state index contributed by atoms with van der Waals surface area (Å²) in [5, 5.41) is 12.1. The molecule has 1 amide bonds. The number of carbonyl (C=O) groups is 1. The fourth-order valence-electron chi connectivity index (χ4n) is 1.58. The van der Waals surface area contributed by atoms with E-state index in [1.165, 1.54) is 0 Å². The maximum atomic E-state index is 11.5. The Morgan fingerprint density at radius 2 is 1.80 bits per heavy atom. The molecule has 0 bridgehead atoms. The third-order valence-corrected chi connectivity index (χ3v) is 2.78. The first-order valence-corrected chi connectivity index (χ1v) is 6.96. The topological polar surface area (TPSA) is 67.8 Å². The molecule has 0 aliphatic rings. The summed E-state index contributed by atoms with van der Waals surface area (Å²) in [6, 6.07) is 7.13. The molecular weight excluding hydrogens is 258 g/mol. The lowest BCUT2D eigenvalue weighted by molar-refractivity contribution is -0.123. The molecular formula is C15H23NO4. The van der Waals surface area contributed by atoms with E-state index in [2.05, 4.69) is 5.32 Å². The summed E-state index contributed by atoms with van der Waals surface area (Å²) in [6.45, 7) is 4.87. The Kier molecular flexibility index (Phi) is 7.50. The number of aliphatic hydroxyl groups is 1. The normalized spacial score (nSPS) is 11.8. The van der Waals surface area contributed by atoms with Crippen molar-refractivity contribution in [1.82, 2.24) is 5.32 Å². The zero-order valence-electron chi connectivity index (χ0n) is 12.1. The second-order valence-electron chi connectivity index (χ2n) is 4.39. The van der Waals surface area contributed by atoms with Crippen LogP contribution in [0.15, 0.2) is 24.3 Å². The lowest BCUT2D eigenvalue weighted by atomic mass is 10.2. The molecule has 1 aromatic rings. The van der Waals surface area contributed by atoms with E-state index in [1.807, 2.05) is 13.8 Å². The molecule has 0 heterocycles. The maximum absolute atomic E-state index is 11.5. The highest BCUT2D eigenvalue weighted by Crippen LogP contribution is 2.17. The predicted octanol–water partition coefficient (Wildman–Crippen LogP) is 1.74. The first kappa shape index (κ1) is 16.3. The minimum Gasteiger partial charge on any atom is -0.494 e. The SMILES string of the molecule is CCOc1ccc(OCC(=O)NCCC(O)CC)cc1. The van der Waals surface area contributed by atoms with E-state index >= 15 is 0 Å². The molecule has 0 aliphatic carbocycles. The molecule has 1 atom stereocenters. The molecule has 0 aliphatic heterocycles. The zero-order chi connectivity index (χ0) is 14.8. The number of carbonyl (C=O) groups excluding carboxylic acids is 1. The first-order valence-electron chi connectivity index (χ1n) is 6.96. The lowest BCUT2D eigenvalue weighted by Crippen LogP contribution is -2.31. The highest BCUT2D eigenvalue weighted by Gasteiger charge is 2.05. The Morgan fingerprint density at radius 1 is 1.20 bits per heavy atom. The van der Waals surface area contributed by atoms with Crippen LogP contribution in [0.3, 0.4) is 0 Å². The van der Waals surface area contributed by atoms with Crippen LogP contribution in [0, 0.1) is 0 Å². The highest BCUT2D eigenvalue weighted by molar-refractivity contribution is 5.77. The van der Waals surface area contributed by atoms with Gasteiger partial charge in [0.2, 0.25) is 0 Å². The van der Waals surface area contributed by atoms with Gasteiger partial charge in [-0.05, 0) is 44.0 Å². The van der Waals surface area contributed by atoms with Crippen molar-refractivity contribution in [2.75, 3.05) is 19.8 Å². The standard InChI is InChI=1S/C15H23NO4/c1-3-12(17)9-10-16-15(18)11-20-14-7-5-13(6-8-14)19-4-2/h5-8,12,17H,3-4,9-11H2,1-2H3,(H,16,18). The summed E-state index contributed by atoms with van der Waals surface area (Å²) >= 11 is 0. The molecule has 1 rings (SSSR count). The van der Waals surface area contributed by atoms with Gasteiger partial charge in [-0.1, -0.05) is 6.92 Å². The molecule has 1 unspecified atom stereocenters. The second-order valence-corrected chi connectivity index (χ2v) is 4.39. The van der Waals surface area contributed by atoms with Gasteiger partial charge in [0.1, 0.15) is 11.5 Å². The van der Waals surface area contributed by atoms with Gasteiger partial charge in [-0.3, -0.25) is 4.79 Å². The summed E-state index contributed by atoms with van der Waals surface area (Å²) in [6.07, 6.45) is 0.895. The Morgan fingerprint density at radius 3 is 2.35 bits per heavy atom. The van der Waals surface area contributed by atoms with Gasteiger partial charge in [0.15, 0.2) is 6.61 Å². The van der Waals surface area contributed by atoms with Crippen molar-refractivity contribution in [3.8, 4) is 11.5 Å². The summed E-state index contributed by atoms with van der Waals surface area (Å²) in [5.74, 6) is 1.21. The number of ether oxygens (including phenoxy) is 2. The zero-order valence-corrected chi connectivity index (χ0v) is 12.1. The van der Waals surface area contributed by atoms with E-state index in [4.69, 9.17) is 9.47 Å². The number of aliphatic hydroxyl groups excluding tert-OH is 1. The number of rotatable bonds is 9. The maximum Gasteiger partial charge on any atom is 0.257 e. The van der Waals surface area contributed by atoms with Crippen LogP contribution in [0.2, 0.25) is 0 Å². The number of nitrogens with one attached hydrogen (secondary N) is 1. The Balaban J connectivity index is 2.23. The van der Waals surface area contributed by atoms with E-state index in [9.17, 15) is 9.90 Å². The number of hydrogen-bond donors (Lipinski definition) is 2. The quantitative estimate of drug-likeness (QED) is 0.723. The van der Waals surface area contributed by atoms with Crippen LogP contribution in [0.25, 0.3) is 0 Å². The highest BCUT2D eigenvalue weighted by atomic mass is 16.5. The molecule has 0 spiro atoms. The minimum atomic E-state index is -0.359. The number of benzene rings is 1. The van der Waals surface area contributed by atoms with Crippen molar-refractivity contribution >= 4 is 5.91 Å². The summed E-state index contributed by atoms with van der Waals surface area (Å²) in [7, 11) is 0. The van der Waals surface area contributed by atoms with E-state index in [1.54, 1.807) is 24.3 Å². The van der Waals surface area contributed by atoms with Crippen molar-refractivity contribution in [2.45, 2.75) is 32.8 Å². The van der Waals surface area contributed by atoms with Crippen LogP contribution in [0.5, 0.6) is 11.5 Å². The number of hydrogen-bond acceptors (Lipinski definition) is 4. The van der Waals surface area contributed by atoms with Crippen LogP contribution < -0.4 is 14.8 Å². The van der Waals surface area contributed by atoms with E-state index in [-0.39, 0.29) is 18.6 Å². The third kappa shape index (κ3) is 6.43. The summed E-state index contributed by atoms with van der Waals surface area (Å²) in [5.41, 5.74) is 0. The van der Waals surface area contributed by atoms with E-state index in [0.717, 1.165) is 5.75 Å². The molecule has 0 saturated carbocycles. The Labute approximate surface area is 119 Å². The van der Waals surface area contributed by atoms with Crippen LogP contribution in [-0.2, 0) is 4.79 Å². The number of amides is 1. The van der Waals surface area contributed by atoms with E-state index in [0.29, 0.717) is 31.7 Å². The fraction of sp³-hybridized carbons (Fsp3) is 0.533. The molecule has 0 radical (unpaired) electrons. The van der Waals surface area contributed by atoms with Crippen molar-refractivity contribution < 1.29 is 19.4 Å². The van der Waals surface area contributed by atoms with Crippen LogP contribution in [0.4, 0.5) is 0 Å². The lowest BCUT2D eigenvalue weighted by Gasteiger charge is -2.10. The first-order chi connectivity index (χ1) is 9.65. The fourth-order valence-corrected chi connectivity index (χ4v) is 1.58. The third-order valence-electron chi connectivity index (χ3n) is 2.78. The van der Waals surface area contributed by atoms with Gasteiger partial charge >= 0.3 is 0 Å². The molecule has 0 aromatic heterocycles. The predicted molar refractivity (Wildman–Crippen MR) is 77.0 cm³/mol. The molecule has 20 heavy (non-hydrogen) atoms. The van der Waals surface area contributed by atoms with Crippen LogP contribution in [-0.4, -0.2) is 36.9 Å². The smallest absolute Gasteiger partial charge is 0.257 e. The monoisotopic (exact) mass is 281 g/mol. The van der Waals surface area contributed by atoms with Gasteiger partial charge in [-0.15, -0.1) is 0 Å². The molecule has 0 fully saturated rings. The largest absolute Gasteiger partial charge is 0.494 e. The van der Waals surface area contributed by atoms with Gasteiger partial charge in [-0.2, -0.15) is 0 Å². The van der Waals surface area contributed by atoms with Gasteiger partial charge in [0.25, 0.3) is 5.91 Å². The molecule has 1 aromatic carbocycles. The average Bonchev–Trinajstić information content (AvgIpc) is 2.46. The molecule has 5 heteroatoms. The molecule has 112 valence electrons. The minimum absolute atomic E-state index is 0.0315.